The summed E-state index contributed by atoms with van der Waals surface area (Å²) in [6.07, 6.45) is 2.59. The molecule has 0 radical (unpaired) electrons. The highest BCUT2D eigenvalue weighted by atomic mass is 127. The highest BCUT2D eigenvalue weighted by Gasteiger charge is 2.04. The van der Waals surface area contributed by atoms with Crippen molar-refractivity contribution in [3.05, 3.63) is 41.5 Å². The summed E-state index contributed by atoms with van der Waals surface area (Å²) in [6.45, 7) is 3.24. The van der Waals surface area contributed by atoms with Crippen LogP contribution in [0.15, 0.2) is 41.1 Å². The zero-order chi connectivity index (χ0) is 13.2. The van der Waals surface area contributed by atoms with Crippen molar-refractivity contribution >= 4 is 32.4 Å². The summed E-state index contributed by atoms with van der Waals surface area (Å²) in [6, 6.07) is 10.4. The van der Waals surface area contributed by atoms with Gasteiger partial charge in [0.25, 0.3) is 0 Å². The Hall–Kier alpha value is -0.880. The fourth-order valence-corrected chi connectivity index (χ4v) is 2.35. The number of hydrogen-bond donors (Lipinski definition) is 0. The van der Waals surface area contributed by atoms with E-state index in [1.54, 1.807) is 6.21 Å². The number of rotatable bonds is 7. The normalized spacial score (nSPS) is 12.6. The average Bonchev–Trinajstić information content (AvgIpc) is 2.43. The molecule has 0 spiro atoms. The SMILES string of the molecule is CC/C(COC/C=N/OC)=C(/I)c1ccccc1. The first kappa shape index (κ1) is 15.2. The molecule has 0 aliphatic rings. The Morgan fingerprint density at radius 2 is 2.06 bits per heavy atom. The summed E-state index contributed by atoms with van der Waals surface area (Å²) < 4.78 is 6.80. The van der Waals surface area contributed by atoms with E-state index in [9.17, 15) is 0 Å². The maximum Gasteiger partial charge on any atom is 0.106 e. The number of oxime groups is 1. The lowest BCUT2D eigenvalue weighted by molar-refractivity contribution is 0.185. The predicted molar refractivity (Wildman–Crippen MR) is 84.0 cm³/mol. The number of halogens is 1. The molecule has 0 atom stereocenters. The topological polar surface area (TPSA) is 30.8 Å². The van der Waals surface area contributed by atoms with Gasteiger partial charge in [0.2, 0.25) is 0 Å². The van der Waals surface area contributed by atoms with Crippen molar-refractivity contribution in [2.24, 2.45) is 5.16 Å². The Bertz CT molecular complexity index is 402. The lowest BCUT2D eigenvalue weighted by atomic mass is 10.1. The molecule has 0 aromatic heterocycles. The quantitative estimate of drug-likeness (QED) is 0.320. The molecule has 0 fully saturated rings. The number of ether oxygens (including phenoxy) is 1. The van der Waals surface area contributed by atoms with Crippen molar-refractivity contribution in [2.45, 2.75) is 13.3 Å². The van der Waals surface area contributed by atoms with Gasteiger partial charge in [0.05, 0.1) is 19.4 Å². The summed E-state index contributed by atoms with van der Waals surface area (Å²) in [5.74, 6) is 0. The zero-order valence-corrected chi connectivity index (χ0v) is 12.9. The fraction of sp³-hybridized carbons (Fsp3) is 0.357. The van der Waals surface area contributed by atoms with Crippen molar-refractivity contribution in [1.29, 1.82) is 0 Å². The highest BCUT2D eigenvalue weighted by molar-refractivity contribution is 14.1. The van der Waals surface area contributed by atoms with Crippen LogP contribution in [-0.4, -0.2) is 26.5 Å². The molecule has 0 aliphatic carbocycles. The lowest BCUT2D eigenvalue weighted by Crippen LogP contribution is -2.02. The largest absolute Gasteiger partial charge is 0.399 e. The summed E-state index contributed by atoms with van der Waals surface area (Å²) in [7, 11) is 1.52. The Labute approximate surface area is 122 Å². The first-order valence-corrected chi connectivity index (χ1v) is 6.93. The average molecular weight is 359 g/mol. The van der Waals surface area contributed by atoms with Gasteiger partial charge >= 0.3 is 0 Å². The maximum absolute atomic E-state index is 5.54. The standard InChI is InChI=1S/C14H18INO2/c1-3-12(11-18-10-9-16-17-2)14(15)13-7-5-4-6-8-13/h4-9H,3,10-11H2,1-2H3/b14-12-,16-9+. The highest BCUT2D eigenvalue weighted by Crippen LogP contribution is 2.27. The minimum atomic E-state index is 0.468. The molecule has 4 heteroatoms. The van der Waals surface area contributed by atoms with E-state index in [4.69, 9.17) is 4.74 Å². The molecule has 1 aromatic rings. The van der Waals surface area contributed by atoms with Gasteiger partial charge in [0, 0.05) is 3.58 Å². The second kappa shape index (κ2) is 9.10. The van der Waals surface area contributed by atoms with Crippen LogP contribution >= 0.6 is 22.6 Å². The molecular formula is C14H18INO2. The van der Waals surface area contributed by atoms with Crippen LogP contribution in [0, 0.1) is 0 Å². The van der Waals surface area contributed by atoms with Gasteiger partial charge in [-0.1, -0.05) is 42.4 Å². The number of nitrogens with zero attached hydrogens (tertiary/aromatic N) is 1. The molecule has 98 valence electrons. The van der Waals surface area contributed by atoms with Crippen LogP contribution in [0.2, 0.25) is 0 Å². The van der Waals surface area contributed by atoms with Crippen molar-refractivity contribution in [1.82, 2.24) is 0 Å². The molecule has 0 aliphatic heterocycles. The van der Waals surface area contributed by atoms with E-state index >= 15 is 0 Å². The van der Waals surface area contributed by atoms with E-state index in [2.05, 4.69) is 51.6 Å². The Kier molecular flexibility index (Phi) is 7.68. The Morgan fingerprint density at radius 1 is 1.33 bits per heavy atom. The molecule has 1 aromatic carbocycles. The molecule has 0 unspecified atom stereocenters. The summed E-state index contributed by atoms with van der Waals surface area (Å²) in [5, 5.41) is 3.63. The molecule has 0 heterocycles. The van der Waals surface area contributed by atoms with E-state index < -0.39 is 0 Å². The van der Waals surface area contributed by atoms with Gasteiger partial charge in [-0.25, -0.2) is 0 Å². The summed E-state index contributed by atoms with van der Waals surface area (Å²) >= 11 is 2.38. The molecule has 0 bridgehead atoms. The molecule has 0 N–H and O–H groups in total. The smallest absolute Gasteiger partial charge is 0.106 e. The van der Waals surface area contributed by atoms with E-state index in [0.29, 0.717) is 13.2 Å². The van der Waals surface area contributed by atoms with Crippen LogP contribution in [0.3, 0.4) is 0 Å². The van der Waals surface area contributed by atoms with Gasteiger partial charge in [-0.05, 0) is 40.1 Å². The van der Waals surface area contributed by atoms with Crippen molar-refractivity contribution in [2.75, 3.05) is 20.3 Å². The third-order valence-electron chi connectivity index (χ3n) is 2.41. The third-order valence-corrected chi connectivity index (χ3v) is 3.80. The van der Waals surface area contributed by atoms with Crippen LogP contribution in [-0.2, 0) is 9.57 Å². The van der Waals surface area contributed by atoms with Gasteiger partial charge in [-0.3, -0.25) is 0 Å². The van der Waals surface area contributed by atoms with Crippen molar-refractivity contribution in [3.63, 3.8) is 0 Å². The Morgan fingerprint density at radius 3 is 2.67 bits per heavy atom. The maximum atomic E-state index is 5.54. The molecule has 1 rings (SSSR count). The molecule has 0 saturated carbocycles. The minimum absolute atomic E-state index is 0.468. The Balaban J connectivity index is 2.61. The third kappa shape index (κ3) is 5.18. The lowest BCUT2D eigenvalue weighted by Gasteiger charge is -2.09. The van der Waals surface area contributed by atoms with E-state index in [-0.39, 0.29) is 0 Å². The van der Waals surface area contributed by atoms with E-state index in [1.165, 1.54) is 21.8 Å². The minimum Gasteiger partial charge on any atom is -0.399 e. The van der Waals surface area contributed by atoms with Gasteiger partial charge in [0.1, 0.15) is 7.11 Å². The summed E-state index contributed by atoms with van der Waals surface area (Å²) in [5.41, 5.74) is 2.54. The van der Waals surface area contributed by atoms with E-state index in [0.717, 1.165) is 6.42 Å². The molecular weight excluding hydrogens is 341 g/mol. The second-order valence-corrected chi connectivity index (χ2v) is 4.70. The van der Waals surface area contributed by atoms with Crippen LogP contribution in [0.5, 0.6) is 0 Å². The summed E-state index contributed by atoms with van der Waals surface area (Å²) in [4.78, 5) is 4.57. The van der Waals surface area contributed by atoms with Crippen molar-refractivity contribution < 1.29 is 9.57 Å². The second-order valence-electron chi connectivity index (χ2n) is 3.62. The first-order chi connectivity index (χ1) is 8.79. The van der Waals surface area contributed by atoms with Crippen LogP contribution in [0.25, 0.3) is 3.58 Å². The number of benzene rings is 1. The van der Waals surface area contributed by atoms with Gasteiger partial charge in [-0.15, -0.1) is 0 Å². The molecule has 0 amide bonds. The van der Waals surface area contributed by atoms with Gasteiger partial charge < -0.3 is 9.57 Å². The molecule has 18 heavy (non-hydrogen) atoms. The van der Waals surface area contributed by atoms with Crippen LogP contribution in [0.4, 0.5) is 0 Å². The predicted octanol–water partition coefficient (Wildman–Crippen LogP) is 3.89. The van der Waals surface area contributed by atoms with Gasteiger partial charge in [0.15, 0.2) is 0 Å². The monoisotopic (exact) mass is 359 g/mol. The molecule has 3 nitrogen and oxygen atoms in total. The van der Waals surface area contributed by atoms with Crippen molar-refractivity contribution in [3.8, 4) is 0 Å². The van der Waals surface area contributed by atoms with E-state index in [1.807, 2.05) is 18.2 Å². The first-order valence-electron chi connectivity index (χ1n) is 5.85. The van der Waals surface area contributed by atoms with Crippen LogP contribution in [0.1, 0.15) is 18.9 Å². The van der Waals surface area contributed by atoms with Crippen LogP contribution < -0.4 is 0 Å². The fourth-order valence-electron chi connectivity index (χ4n) is 1.45. The van der Waals surface area contributed by atoms with Gasteiger partial charge in [-0.2, -0.15) is 0 Å². The zero-order valence-electron chi connectivity index (χ0n) is 10.7. The molecule has 0 saturated heterocycles. The number of hydrogen-bond acceptors (Lipinski definition) is 3.